The van der Waals surface area contributed by atoms with Gasteiger partial charge in [-0.1, -0.05) is 19.9 Å². The summed E-state index contributed by atoms with van der Waals surface area (Å²) in [6.07, 6.45) is 1.51. The topological polar surface area (TPSA) is 81.9 Å². The van der Waals surface area contributed by atoms with Crippen LogP contribution in [0.5, 0.6) is 5.75 Å². The molecule has 8 heteroatoms. The molecule has 0 spiro atoms. The molecule has 3 rings (SSSR count). The average molecular weight is 357 g/mol. The molecule has 1 N–H and O–H groups in total. The standard InChI is InChI=1S/C17H19N5O2S/c1-12(2)17(15-4-3-9-25-15)19-16(23)10-24-14-7-5-13(6-8-14)22-11-18-20-21-22/h3-9,11-12,17H,10H2,1-2H3,(H,19,23). The zero-order valence-corrected chi connectivity index (χ0v) is 14.8. The highest BCUT2D eigenvalue weighted by atomic mass is 32.1. The minimum absolute atomic E-state index is 0.00158. The predicted octanol–water partition coefficient (Wildman–Crippen LogP) is 2.62. The fourth-order valence-electron chi connectivity index (χ4n) is 2.37. The van der Waals surface area contributed by atoms with Crippen LogP contribution < -0.4 is 10.1 Å². The number of thiophene rings is 1. The van der Waals surface area contributed by atoms with Crippen molar-refractivity contribution >= 4 is 17.2 Å². The fourth-order valence-corrected chi connectivity index (χ4v) is 3.32. The monoisotopic (exact) mass is 357 g/mol. The fraction of sp³-hybridized carbons (Fsp3) is 0.294. The molecule has 2 heterocycles. The third kappa shape index (κ3) is 4.42. The molecule has 0 radical (unpaired) electrons. The van der Waals surface area contributed by atoms with Gasteiger partial charge in [-0.2, -0.15) is 0 Å². The Balaban J connectivity index is 1.55. The first-order valence-corrected chi connectivity index (χ1v) is 8.80. The number of ether oxygens (including phenoxy) is 1. The molecule has 130 valence electrons. The number of tetrazole rings is 1. The van der Waals surface area contributed by atoms with Crippen LogP contribution in [0, 0.1) is 5.92 Å². The van der Waals surface area contributed by atoms with E-state index < -0.39 is 0 Å². The third-order valence-electron chi connectivity index (χ3n) is 3.65. The number of rotatable bonds is 7. The second kappa shape index (κ2) is 7.89. The van der Waals surface area contributed by atoms with Crippen molar-refractivity contribution in [1.82, 2.24) is 25.5 Å². The summed E-state index contributed by atoms with van der Waals surface area (Å²) in [5.74, 6) is 0.777. The van der Waals surface area contributed by atoms with Gasteiger partial charge in [0.15, 0.2) is 6.61 Å². The molecule has 1 unspecified atom stereocenters. The van der Waals surface area contributed by atoms with Crippen LogP contribution >= 0.6 is 11.3 Å². The summed E-state index contributed by atoms with van der Waals surface area (Å²) in [4.78, 5) is 13.4. The van der Waals surface area contributed by atoms with Gasteiger partial charge in [-0.25, -0.2) is 4.68 Å². The van der Waals surface area contributed by atoms with E-state index in [0.717, 1.165) is 10.6 Å². The van der Waals surface area contributed by atoms with Crippen molar-refractivity contribution < 1.29 is 9.53 Å². The maximum absolute atomic E-state index is 12.2. The lowest BCUT2D eigenvalue weighted by Gasteiger charge is -2.21. The number of carbonyl (C=O) groups is 1. The van der Waals surface area contributed by atoms with E-state index in [2.05, 4.69) is 34.7 Å². The van der Waals surface area contributed by atoms with Gasteiger partial charge in [0.25, 0.3) is 5.91 Å². The Morgan fingerprint density at radius 1 is 1.28 bits per heavy atom. The Morgan fingerprint density at radius 3 is 2.68 bits per heavy atom. The van der Waals surface area contributed by atoms with Crippen LogP contribution in [0.25, 0.3) is 5.69 Å². The largest absolute Gasteiger partial charge is 0.484 e. The van der Waals surface area contributed by atoms with Crippen LogP contribution in [-0.2, 0) is 4.79 Å². The van der Waals surface area contributed by atoms with E-state index in [0.29, 0.717) is 11.7 Å². The molecule has 0 saturated heterocycles. The highest BCUT2D eigenvalue weighted by molar-refractivity contribution is 7.10. The van der Waals surface area contributed by atoms with Crippen molar-refractivity contribution in [3.05, 3.63) is 53.0 Å². The molecule has 0 saturated carbocycles. The van der Waals surface area contributed by atoms with Gasteiger partial charge in [-0.05, 0) is 52.1 Å². The van der Waals surface area contributed by atoms with Gasteiger partial charge in [-0.3, -0.25) is 4.79 Å². The summed E-state index contributed by atoms with van der Waals surface area (Å²) in [7, 11) is 0. The van der Waals surface area contributed by atoms with Crippen molar-refractivity contribution in [2.45, 2.75) is 19.9 Å². The second-order valence-corrected chi connectivity index (χ2v) is 6.82. The van der Waals surface area contributed by atoms with Crippen molar-refractivity contribution in [2.75, 3.05) is 6.61 Å². The molecule has 1 atom stereocenters. The van der Waals surface area contributed by atoms with E-state index >= 15 is 0 Å². The highest BCUT2D eigenvalue weighted by Gasteiger charge is 2.19. The number of hydrogen-bond donors (Lipinski definition) is 1. The highest BCUT2D eigenvalue weighted by Crippen LogP contribution is 2.25. The summed E-state index contributed by atoms with van der Waals surface area (Å²) in [5.41, 5.74) is 0.819. The number of amides is 1. The number of aromatic nitrogens is 4. The average Bonchev–Trinajstić information content (AvgIpc) is 3.31. The summed E-state index contributed by atoms with van der Waals surface area (Å²) in [5, 5.41) is 16.1. The van der Waals surface area contributed by atoms with Crippen LogP contribution in [0.1, 0.15) is 24.8 Å². The summed E-state index contributed by atoms with van der Waals surface area (Å²) >= 11 is 1.64. The van der Waals surface area contributed by atoms with Gasteiger partial charge >= 0.3 is 0 Å². The molecule has 1 amide bonds. The molecule has 25 heavy (non-hydrogen) atoms. The number of nitrogens with one attached hydrogen (secondary N) is 1. The van der Waals surface area contributed by atoms with Crippen LogP contribution in [0.4, 0.5) is 0 Å². The van der Waals surface area contributed by atoms with E-state index in [4.69, 9.17) is 4.74 Å². The van der Waals surface area contributed by atoms with Crippen molar-refractivity contribution in [1.29, 1.82) is 0 Å². The van der Waals surface area contributed by atoms with Crippen molar-refractivity contribution in [2.24, 2.45) is 5.92 Å². The van der Waals surface area contributed by atoms with E-state index in [9.17, 15) is 4.79 Å². The zero-order valence-electron chi connectivity index (χ0n) is 14.0. The Kier molecular flexibility index (Phi) is 5.39. The van der Waals surface area contributed by atoms with E-state index in [1.165, 1.54) is 6.33 Å². The molecular weight excluding hydrogens is 338 g/mol. The van der Waals surface area contributed by atoms with E-state index in [-0.39, 0.29) is 18.6 Å². The van der Waals surface area contributed by atoms with Gasteiger partial charge < -0.3 is 10.1 Å². The molecule has 0 fully saturated rings. The Labute approximate surface area is 149 Å². The lowest BCUT2D eigenvalue weighted by molar-refractivity contribution is -0.124. The van der Waals surface area contributed by atoms with Gasteiger partial charge in [0.2, 0.25) is 0 Å². The first-order valence-electron chi connectivity index (χ1n) is 7.92. The maximum Gasteiger partial charge on any atom is 0.258 e. The van der Waals surface area contributed by atoms with Crippen LogP contribution in [0.3, 0.4) is 0 Å². The minimum atomic E-state index is -0.142. The Hall–Kier alpha value is -2.74. The minimum Gasteiger partial charge on any atom is -0.484 e. The molecule has 0 aliphatic rings. The lowest BCUT2D eigenvalue weighted by atomic mass is 10.0. The molecule has 3 aromatic rings. The molecule has 2 aromatic heterocycles. The molecule has 0 aliphatic carbocycles. The second-order valence-electron chi connectivity index (χ2n) is 5.84. The summed E-state index contributed by atoms with van der Waals surface area (Å²) < 4.78 is 7.11. The first-order chi connectivity index (χ1) is 12.1. The summed E-state index contributed by atoms with van der Waals surface area (Å²) in [6, 6.07) is 11.2. The molecule has 0 aliphatic heterocycles. The van der Waals surface area contributed by atoms with Gasteiger partial charge in [0, 0.05) is 4.88 Å². The van der Waals surface area contributed by atoms with Crippen LogP contribution in [0.15, 0.2) is 48.1 Å². The normalized spacial score (nSPS) is 12.1. The van der Waals surface area contributed by atoms with Gasteiger partial charge in [0.05, 0.1) is 11.7 Å². The van der Waals surface area contributed by atoms with Crippen molar-refractivity contribution in [3.8, 4) is 11.4 Å². The smallest absolute Gasteiger partial charge is 0.258 e. The van der Waals surface area contributed by atoms with E-state index in [1.807, 2.05) is 29.6 Å². The quantitative estimate of drug-likeness (QED) is 0.703. The Morgan fingerprint density at radius 2 is 2.08 bits per heavy atom. The number of carbonyl (C=O) groups excluding carboxylic acids is 1. The molecule has 0 bridgehead atoms. The number of hydrogen-bond acceptors (Lipinski definition) is 6. The molecule has 1 aromatic carbocycles. The summed E-state index contributed by atoms with van der Waals surface area (Å²) in [6.45, 7) is 4.14. The van der Waals surface area contributed by atoms with E-state index in [1.54, 1.807) is 28.2 Å². The van der Waals surface area contributed by atoms with Crippen LogP contribution in [-0.4, -0.2) is 32.7 Å². The zero-order chi connectivity index (χ0) is 17.6. The van der Waals surface area contributed by atoms with Gasteiger partial charge in [0.1, 0.15) is 12.1 Å². The Bertz CT molecular complexity index is 785. The predicted molar refractivity (Wildman–Crippen MR) is 94.7 cm³/mol. The molecule has 7 nitrogen and oxygen atoms in total. The van der Waals surface area contributed by atoms with Gasteiger partial charge in [-0.15, -0.1) is 16.4 Å². The maximum atomic E-state index is 12.2. The molecular formula is C17H19N5O2S. The third-order valence-corrected chi connectivity index (χ3v) is 4.61. The van der Waals surface area contributed by atoms with Crippen LogP contribution in [0.2, 0.25) is 0 Å². The SMILES string of the molecule is CC(C)C(NC(=O)COc1ccc(-n2cnnn2)cc1)c1cccs1. The number of benzene rings is 1. The first kappa shape index (κ1) is 17.1. The van der Waals surface area contributed by atoms with Crippen molar-refractivity contribution in [3.63, 3.8) is 0 Å². The lowest BCUT2D eigenvalue weighted by Crippen LogP contribution is -2.34. The number of nitrogens with zero attached hydrogens (tertiary/aromatic N) is 4.